The molecule has 0 aromatic carbocycles. The molecule has 0 saturated carbocycles. The van der Waals surface area contributed by atoms with Gasteiger partial charge in [0.1, 0.15) is 0 Å². The summed E-state index contributed by atoms with van der Waals surface area (Å²) in [6, 6.07) is -0.116. The van der Waals surface area contributed by atoms with Gasteiger partial charge in [-0.25, -0.2) is 4.79 Å². The predicted molar refractivity (Wildman–Crippen MR) is 63.1 cm³/mol. The van der Waals surface area contributed by atoms with Crippen molar-refractivity contribution >= 4 is 6.09 Å². The highest BCUT2D eigenvalue weighted by molar-refractivity contribution is 5.65. The van der Waals surface area contributed by atoms with E-state index in [1.54, 1.807) is 0 Å². The molecule has 6 heteroatoms. The normalized spacial score (nSPS) is 30.8. The number of carboxylic acid groups (broad SMARTS) is 1. The first-order chi connectivity index (χ1) is 8.20. The summed E-state index contributed by atoms with van der Waals surface area (Å²) in [5, 5.41) is 21.5. The van der Waals surface area contributed by atoms with Crippen molar-refractivity contribution in [3.05, 3.63) is 0 Å². The van der Waals surface area contributed by atoms with Gasteiger partial charge >= 0.3 is 6.09 Å². The maximum atomic E-state index is 11.1. The highest BCUT2D eigenvalue weighted by Gasteiger charge is 2.31. The van der Waals surface area contributed by atoms with E-state index < -0.39 is 6.09 Å². The van der Waals surface area contributed by atoms with E-state index in [1.165, 1.54) is 17.7 Å². The monoisotopic (exact) mass is 243 g/mol. The molecule has 2 atom stereocenters. The Bertz CT molecular complexity index is 269. The maximum Gasteiger partial charge on any atom is 0.407 e. The second-order valence-electron chi connectivity index (χ2n) is 4.88. The van der Waals surface area contributed by atoms with Gasteiger partial charge in [-0.1, -0.05) is 0 Å². The molecular weight excluding hydrogens is 222 g/mol. The smallest absolute Gasteiger partial charge is 0.407 e. The van der Waals surface area contributed by atoms with Crippen LogP contribution < -0.4 is 5.32 Å². The Balaban J connectivity index is 1.86. The van der Waals surface area contributed by atoms with Crippen LogP contribution in [0.2, 0.25) is 0 Å². The fraction of sp³-hybridized carbons (Fsp3) is 0.909. The minimum Gasteiger partial charge on any atom is -0.465 e. The number of piperazine rings is 1. The second kappa shape index (κ2) is 5.66. The second-order valence-corrected chi connectivity index (χ2v) is 4.88. The number of rotatable bonds is 3. The molecule has 3 N–H and O–H groups in total. The van der Waals surface area contributed by atoms with Crippen LogP contribution in [0.15, 0.2) is 0 Å². The molecule has 0 aromatic rings. The van der Waals surface area contributed by atoms with Crippen molar-refractivity contribution in [2.24, 2.45) is 0 Å². The summed E-state index contributed by atoms with van der Waals surface area (Å²) in [6.45, 7) is 4.04. The van der Waals surface area contributed by atoms with Gasteiger partial charge in [-0.3, -0.25) is 0 Å². The van der Waals surface area contributed by atoms with Gasteiger partial charge in [0.05, 0.1) is 12.6 Å². The van der Waals surface area contributed by atoms with E-state index in [9.17, 15) is 4.79 Å². The Kier molecular flexibility index (Phi) is 4.20. The first-order valence-corrected chi connectivity index (χ1v) is 6.27. The van der Waals surface area contributed by atoms with Crippen LogP contribution in [0.3, 0.4) is 0 Å². The van der Waals surface area contributed by atoms with E-state index in [0.717, 1.165) is 19.6 Å². The molecule has 17 heavy (non-hydrogen) atoms. The van der Waals surface area contributed by atoms with Crippen molar-refractivity contribution in [3.63, 3.8) is 0 Å². The van der Waals surface area contributed by atoms with Gasteiger partial charge in [-0.05, 0) is 25.9 Å². The molecule has 0 aromatic heterocycles. The van der Waals surface area contributed by atoms with Gasteiger partial charge in [0.2, 0.25) is 0 Å². The number of likely N-dealkylation sites (tertiary alicyclic amines) is 1. The molecule has 98 valence electrons. The lowest BCUT2D eigenvalue weighted by atomic mass is 10.1. The van der Waals surface area contributed by atoms with Crippen LogP contribution in [0.25, 0.3) is 0 Å². The highest BCUT2D eigenvalue weighted by atomic mass is 16.4. The van der Waals surface area contributed by atoms with E-state index in [4.69, 9.17) is 10.2 Å². The van der Waals surface area contributed by atoms with Crippen LogP contribution in [-0.4, -0.2) is 77.5 Å². The Morgan fingerprint density at radius 1 is 1.35 bits per heavy atom. The number of carbonyl (C=O) groups is 1. The van der Waals surface area contributed by atoms with Gasteiger partial charge < -0.3 is 25.3 Å². The molecule has 0 spiro atoms. The molecule has 0 radical (unpaired) electrons. The van der Waals surface area contributed by atoms with Gasteiger partial charge in [0.25, 0.3) is 0 Å². The van der Waals surface area contributed by atoms with Crippen LogP contribution in [0.5, 0.6) is 0 Å². The predicted octanol–water partition coefficient (Wildman–Crippen LogP) is -0.605. The van der Waals surface area contributed by atoms with Gasteiger partial charge in [0.15, 0.2) is 0 Å². The van der Waals surface area contributed by atoms with Crippen LogP contribution in [0, 0.1) is 0 Å². The SMILES string of the molecule is O=C(O)N1CC(CN2CCCC2)NCC1CO. The zero-order chi connectivity index (χ0) is 12.3. The Labute approximate surface area is 101 Å². The summed E-state index contributed by atoms with van der Waals surface area (Å²) >= 11 is 0. The number of nitrogens with zero attached hydrogens (tertiary/aromatic N) is 2. The first kappa shape index (κ1) is 12.6. The number of nitrogens with one attached hydrogen (secondary N) is 1. The summed E-state index contributed by atoms with van der Waals surface area (Å²) in [4.78, 5) is 14.8. The highest BCUT2D eigenvalue weighted by Crippen LogP contribution is 2.12. The van der Waals surface area contributed by atoms with Crippen molar-refractivity contribution < 1.29 is 15.0 Å². The van der Waals surface area contributed by atoms with Gasteiger partial charge in [0, 0.05) is 25.7 Å². The van der Waals surface area contributed by atoms with Crippen molar-refractivity contribution in [1.29, 1.82) is 0 Å². The summed E-state index contributed by atoms with van der Waals surface area (Å²) < 4.78 is 0. The third kappa shape index (κ3) is 3.08. The molecule has 2 fully saturated rings. The molecular formula is C11H21N3O3. The number of hydrogen-bond donors (Lipinski definition) is 3. The van der Waals surface area contributed by atoms with E-state index in [-0.39, 0.29) is 18.7 Å². The quantitative estimate of drug-likeness (QED) is 0.617. The minimum absolute atomic E-state index is 0.115. The molecule has 2 saturated heterocycles. The third-order valence-corrected chi connectivity index (χ3v) is 3.63. The van der Waals surface area contributed by atoms with E-state index >= 15 is 0 Å². The summed E-state index contributed by atoms with van der Waals surface area (Å²) in [7, 11) is 0. The summed E-state index contributed by atoms with van der Waals surface area (Å²) in [5.74, 6) is 0. The van der Waals surface area contributed by atoms with Crippen LogP contribution in [-0.2, 0) is 0 Å². The standard InChI is InChI=1S/C11H21N3O3/c15-8-10-5-12-9(7-14(10)11(16)17)6-13-3-1-2-4-13/h9-10,12,15H,1-8H2,(H,16,17). The number of hydrogen-bond acceptors (Lipinski definition) is 4. The summed E-state index contributed by atoms with van der Waals surface area (Å²) in [5.41, 5.74) is 0. The third-order valence-electron chi connectivity index (χ3n) is 3.63. The number of aliphatic hydroxyl groups is 1. The fourth-order valence-corrected chi connectivity index (χ4v) is 2.66. The molecule has 2 unspecified atom stereocenters. The minimum atomic E-state index is -0.933. The van der Waals surface area contributed by atoms with Crippen molar-refractivity contribution in [2.75, 3.05) is 39.3 Å². The molecule has 2 heterocycles. The van der Waals surface area contributed by atoms with Crippen LogP contribution >= 0.6 is 0 Å². The lowest BCUT2D eigenvalue weighted by Gasteiger charge is -2.39. The summed E-state index contributed by atoms with van der Waals surface area (Å²) in [6.07, 6.45) is 1.56. The lowest BCUT2D eigenvalue weighted by Crippen LogP contribution is -2.61. The molecule has 1 amide bonds. The van der Waals surface area contributed by atoms with Gasteiger partial charge in [-0.2, -0.15) is 0 Å². The molecule has 6 nitrogen and oxygen atoms in total. The molecule has 0 bridgehead atoms. The zero-order valence-electron chi connectivity index (χ0n) is 10.0. The average molecular weight is 243 g/mol. The molecule has 2 aliphatic heterocycles. The Hall–Kier alpha value is -0.850. The van der Waals surface area contributed by atoms with Gasteiger partial charge in [-0.15, -0.1) is 0 Å². The average Bonchev–Trinajstić information content (AvgIpc) is 2.81. The van der Waals surface area contributed by atoms with Crippen LogP contribution in [0.1, 0.15) is 12.8 Å². The Morgan fingerprint density at radius 3 is 2.65 bits per heavy atom. The first-order valence-electron chi connectivity index (χ1n) is 6.27. The number of aliphatic hydroxyl groups excluding tert-OH is 1. The fourth-order valence-electron chi connectivity index (χ4n) is 2.66. The van der Waals surface area contributed by atoms with Crippen molar-refractivity contribution in [3.8, 4) is 0 Å². The van der Waals surface area contributed by atoms with E-state index in [2.05, 4.69) is 10.2 Å². The van der Waals surface area contributed by atoms with Crippen molar-refractivity contribution in [2.45, 2.75) is 24.9 Å². The Morgan fingerprint density at radius 2 is 2.06 bits per heavy atom. The topological polar surface area (TPSA) is 76.0 Å². The molecule has 2 aliphatic rings. The molecule has 0 aliphatic carbocycles. The largest absolute Gasteiger partial charge is 0.465 e. The van der Waals surface area contributed by atoms with Crippen molar-refractivity contribution in [1.82, 2.24) is 15.1 Å². The number of amides is 1. The van der Waals surface area contributed by atoms with E-state index in [0.29, 0.717) is 13.1 Å². The zero-order valence-corrected chi connectivity index (χ0v) is 10.0. The maximum absolute atomic E-state index is 11.1. The van der Waals surface area contributed by atoms with Crippen LogP contribution in [0.4, 0.5) is 4.79 Å². The van der Waals surface area contributed by atoms with E-state index in [1.807, 2.05) is 0 Å². The lowest BCUT2D eigenvalue weighted by molar-refractivity contribution is 0.0658. The molecule has 2 rings (SSSR count).